The maximum absolute atomic E-state index is 13.3. The van der Waals surface area contributed by atoms with Crippen LogP contribution < -0.4 is 0 Å². The molecule has 3 rings (SSSR count). The van der Waals surface area contributed by atoms with E-state index in [1.165, 1.54) is 12.1 Å². The van der Waals surface area contributed by atoms with E-state index in [1.807, 2.05) is 32.2 Å². The molecule has 1 aromatic heterocycles. The van der Waals surface area contributed by atoms with Gasteiger partial charge in [0, 0.05) is 23.4 Å². The zero-order valence-corrected chi connectivity index (χ0v) is 18.2. The second kappa shape index (κ2) is 9.53. The molecule has 1 fully saturated rings. The molecule has 0 saturated heterocycles. The van der Waals surface area contributed by atoms with E-state index in [4.69, 9.17) is 0 Å². The number of amides is 2. The summed E-state index contributed by atoms with van der Waals surface area (Å²) in [6.07, 6.45) is 2.66. The number of hydrogen-bond donors (Lipinski definition) is 0. The summed E-state index contributed by atoms with van der Waals surface area (Å²) in [7, 11) is 0. The van der Waals surface area contributed by atoms with Gasteiger partial charge in [-0.2, -0.15) is 0 Å². The van der Waals surface area contributed by atoms with Gasteiger partial charge in [-0.1, -0.05) is 19.1 Å². The predicted molar refractivity (Wildman–Crippen MR) is 114 cm³/mol. The van der Waals surface area contributed by atoms with Gasteiger partial charge >= 0.3 is 0 Å². The lowest BCUT2D eigenvalue weighted by Gasteiger charge is -2.31. The molecular formula is C23H29FN2O2S. The molecule has 0 aliphatic heterocycles. The minimum absolute atomic E-state index is 0.0307. The lowest BCUT2D eigenvalue weighted by Crippen LogP contribution is -2.46. The largest absolute Gasteiger partial charge is 0.332 e. The number of halogens is 1. The van der Waals surface area contributed by atoms with Gasteiger partial charge in [-0.3, -0.25) is 9.59 Å². The van der Waals surface area contributed by atoms with Gasteiger partial charge in [-0.25, -0.2) is 4.39 Å². The molecule has 1 aliphatic rings. The minimum Gasteiger partial charge on any atom is -0.332 e. The standard InChI is InChI=1S/C23H29FN2O2S/c1-4-17(3)26(23(28)19-7-8-19)15-22(27)25(14-21-16(2)11-12-29-21)13-18-5-9-20(24)10-6-18/h5-6,9-12,17,19H,4,7-8,13-15H2,1-3H3/t17-/m1/s1. The van der Waals surface area contributed by atoms with Crippen molar-refractivity contribution in [2.75, 3.05) is 6.54 Å². The van der Waals surface area contributed by atoms with Crippen LogP contribution in [0.5, 0.6) is 0 Å². The SMILES string of the molecule is CC[C@@H](C)N(CC(=O)N(Cc1ccc(F)cc1)Cc1sccc1C)C(=O)C1CC1. The Kier molecular flexibility index (Phi) is 7.06. The van der Waals surface area contributed by atoms with Crippen LogP contribution >= 0.6 is 11.3 Å². The Balaban J connectivity index is 1.78. The molecule has 29 heavy (non-hydrogen) atoms. The molecule has 1 saturated carbocycles. The molecule has 0 radical (unpaired) electrons. The Morgan fingerprint density at radius 3 is 2.41 bits per heavy atom. The molecule has 2 amide bonds. The van der Waals surface area contributed by atoms with Crippen molar-refractivity contribution in [3.8, 4) is 0 Å². The Labute approximate surface area is 176 Å². The van der Waals surface area contributed by atoms with E-state index in [9.17, 15) is 14.0 Å². The van der Waals surface area contributed by atoms with E-state index in [-0.39, 0.29) is 36.1 Å². The quantitative estimate of drug-likeness (QED) is 0.591. The molecule has 0 bridgehead atoms. The molecule has 1 aromatic carbocycles. The number of thiophene rings is 1. The van der Waals surface area contributed by atoms with Crippen LogP contribution in [0.1, 0.15) is 49.1 Å². The van der Waals surface area contributed by atoms with Gasteiger partial charge < -0.3 is 9.80 Å². The van der Waals surface area contributed by atoms with E-state index in [1.54, 1.807) is 33.3 Å². The lowest BCUT2D eigenvalue weighted by molar-refractivity contribution is -0.143. The minimum atomic E-state index is -0.293. The Bertz CT molecular complexity index is 845. The van der Waals surface area contributed by atoms with Crippen LogP contribution in [0.3, 0.4) is 0 Å². The average molecular weight is 417 g/mol. The fraction of sp³-hybridized carbons (Fsp3) is 0.478. The highest BCUT2D eigenvalue weighted by Crippen LogP contribution is 2.32. The molecule has 0 spiro atoms. The van der Waals surface area contributed by atoms with Crippen molar-refractivity contribution in [1.29, 1.82) is 0 Å². The molecule has 0 N–H and O–H groups in total. The monoisotopic (exact) mass is 416 g/mol. The molecule has 156 valence electrons. The maximum Gasteiger partial charge on any atom is 0.242 e. The van der Waals surface area contributed by atoms with E-state index in [0.29, 0.717) is 13.1 Å². The zero-order valence-electron chi connectivity index (χ0n) is 17.4. The zero-order chi connectivity index (χ0) is 21.0. The molecule has 1 aliphatic carbocycles. The van der Waals surface area contributed by atoms with Gasteiger partial charge in [0.2, 0.25) is 11.8 Å². The van der Waals surface area contributed by atoms with Gasteiger partial charge in [0.1, 0.15) is 12.4 Å². The number of hydrogen-bond acceptors (Lipinski definition) is 3. The Morgan fingerprint density at radius 1 is 1.17 bits per heavy atom. The summed E-state index contributed by atoms with van der Waals surface area (Å²) in [5, 5.41) is 2.02. The smallest absolute Gasteiger partial charge is 0.242 e. The maximum atomic E-state index is 13.3. The first-order valence-corrected chi connectivity index (χ1v) is 11.1. The van der Waals surface area contributed by atoms with Gasteiger partial charge in [-0.05, 0) is 67.8 Å². The first kappa shape index (κ1) is 21.5. The molecule has 6 heteroatoms. The normalized spacial score (nSPS) is 14.5. The van der Waals surface area contributed by atoms with E-state index in [0.717, 1.165) is 35.3 Å². The lowest BCUT2D eigenvalue weighted by atomic mass is 10.1. The van der Waals surface area contributed by atoms with Gasteiger partial charge in [0.05, 0.1) is 6.54 Å². The summed E-state index contributed by atoms with van der Waals surface area (Å²) < 4.78 is 13.3. The molecule has 0 unspecified atom stereocenters. The van der Waals surface area contributed by atoms with Gasteiger partial charge in [-0.15, -0.1) is 11.3 Å². The fourth-order valence-corrected chi connectivity index (χ4v) is 4.18. The number of carbonyl (C=O) groups is 2. The third kappa shape index (κ3) is 5.66. The summed E-state index contributed by atoms with van der Waals surface area (Å²) in [4.78, 5) is 30.7. The summed E-state index contributed by atoms with van der Waals surface area (Å²) in [5.41, 5.74) is 2.03. The van der Waals surface area contributed by atoms with Crippen LogP contribution in [0.4, 0.5) is 4.39 Å². The van der Waals surface area contributed by atoms with Crippen molar-refractivity contribution in [2.45, 2.75) is 59.2 Å². The number of nitrogens with zero attached hydrogens (tertiary/aromatic N) is 2. The Morgan fingerprint density at radius 2 is 1.86 bits per heavy atom. The highest BCUT2D eigenvalue weighted by Gasteiger charge is 2.36. The Hall–Kier alpha value is -2.21. The second-order valence-electron chi connectivity index (χ2n) is 7.90. The summed E-state index contributed by atoms with van der Waals surface area (Å²) in [6.45, 7) is 7.05. The van der Waals surface area contributed by atoms with E-state index < -0.39 is 0 Å². The predicted octanol–water partition coefficient (Wildman–Crippen LogP) is 4.76. The van der Waals surface area contributed by atoms with Crippen molar-refractivity contribution in [1.82, 2.24) is 9.80 Å². The van der Waals surface area contributed by atoms with Crippen LogP contribution in [0, 0.1) is 18.7 Å². The molecule has 1 atom stereocenters. The first-order chi connectivity index (χ1) is 13.9. The van der Waals surface area contributed by atoms with Crippen LogP contribution in [-0.2, 0) is 22.7 Å². The molecular weight excluding hydrogens is 387 g/mol. The highest BCUT2D eigenvalue weighted by atomic mass is 32.1. The van der Waals surface area contributed by atoms with Crippen molar-refractivity contribution >= 4 is 23.2 Å². The second-order valence-corrected chi connectivity index (χ2v) is 8.90. The first-order valence-electron chi connectivity index (χ1n) is 10.2. The summed E-state index contributed by atoms with van der Waals surface area (Å²) in [6, 6.07) is 8.32. The van der Waals surface area contributed by atoms with Crippen LogP contribution in [0.2, 0.25) is 0 Å². The number of benzene rings is 1. The fourth-order valence-electron chi connectivity index (χ4n) is 3.26. The van der Waals surface area contributed by atoms with Crippen molar-refractivity contribution < 1.29 is 14.0 Å². The van der Waals surface area contributed by atoms with Crippen molar-refractivity contribution in [2.24, 2.45) is 5.92 Å². The number of aryl methyl sites for hydroxylation is 1. The van der Waals surface area contributed by atoms with Crippen LogP contribution in [0.25, 0.3) is 0 Å². The van der Waals surface area contributed by atoms with Crippen molar-refractivity contribution in [3.63, 3.8) is 0 Å². The van der Waals surface area contributed by atoms with Crippen molar-refractivity contribution in [3.05, 3.63) is 57.5 Å². The average Bonchev–Trinajstić information content (AvgIpc) is 3.49. The summed E-state index contributed by atoms with van der Waals surface area (Å²) >= 11 is 1.62. The topological polar surface area (TPSA) is 40.6 Å². The highest BCUT2D eigenvalue weighted by molar-refractivity contribution is 7.10. The molecule has 4 nitrogen and oxygen atoms in total. The van der Waals surface area contributed by atoms with Crippen LogP contribution in [-0.4, -0.2) is 34.2 Å². The van der Waals surface area contributed by atoms with E-state index >= 15 is 0 Å². The van der Waals surface area contributed by atoms with Gasteiger partial charge in [0.25, 0.3) is 0 Å². The number of rotatable bonds is 9. The molecule has 1 heterocycles. The van der Waals surface area contributed by atoms with E-state index in [2.05, 4.69) is 0 Å². The number of carbonyl (C=O) groups excluding carboxylic acids is 2. The van der Waals surface area contributed by atoms with Gasteiger partial charge in [0.15, 0.2) is 0 Å². The third-order valence-corrected chi connectivity index (χ3v) is 6.59. The third-order valence-electron chi connectivity index (χ3n) is 5.58. The summed E-state index contributed by atoms with van der Waals surface area (Å²) in [5.74, 6) is -0.182. The van der Waals surface area contributed by atoms with Crippen LogP contribution in [0.15, 0.2) is 35.7 Å². The molecule has 2 aromatic rings.